The molecule has 2 unspecified atom stereocenters. The van der Waals surface area contributed by atoms with Crippen LogP contribution in [-0.4, -0.2) is 34.7 Å². The number of benzene rings is 1. The molecule has 2 aromatic rings. The molecule has 0 radical (unpaired) electrons. The summed E-state index contributed by atoms with van der Waals surface area (Å²) >= 11 is 0. The minimum absolute atomic E-state index is 0.270. The van der Waals surface area contributed by atoms with Crippen molar-refractivity contribution in [3.8, 4) is 11.4 Å². The lowest BCUT2D eigenvalue weighted by molar-refractivity contribution is -0.141. The molecule has 2 N–H and O–H groups in total. The second-order valence-corrected chi connectivity index (χ2v) is 6.21. The molecule has 2 atom stereocenters. The van der Waals surface area contributed by atoms with Gasteiger partial charge in [-0.05, 0) is 58.0 Å². The molecule has 25 heavy (non-hydrogen) atoms. The van der Waals surface area contributed by atoms with Crippen LogP contribution < -0.4 is 10.1 Å². The van der Waals surface area contributed by atoms with Crippen molar-refractivity contribution in [2.45, 2.75) is 33.7 Å². The van der Waals surface area contributed by atoms with Gasteiger partial charge in [0.1, 0.15) is 5.75 Å². The highest BCUT2D eigenvalue weighted by Crippen LogP contribution is 2.23. The Balaban J connectivity index is 2.29. The first-order chi connectivity index (χ1) is 11.8. The highest BCUT2D eigenvalue weighted by atomic mass is 16.5. The van der Waals surface area contributed by atoms with Crippen molar-refractivity contribution >= 4 is 11.9 Å². The number of methoxy groups -OCH3 is 1. The van der Waals surface area contributed by atoms with E-state index in [1.165, 1.54) is 0 Å². The molecule has 0 aliphatic heterocycles. The molecule has 1 heterocycles. The average molecular weight is 344 g/mol. The van der Waals surface area contributed by atoms with E-state index in [1.807, 2.05) is 48.7 Å². The first-order valence-electron chi connectivity index (χ1n) is 8.13. The van der Waals surface area contributed by atoms with Gasteiger partial charge in [0.15, 0.2) is 0 Å². The van der Waals surface area contributed by atoms with Crippen LogP contribution >= 0.6 is 0 Å². The van der Waals surface area contributed by atoms with Gasteiger partial charge in [-0.3, -0.25) is 9.59 Å². The number of aliphatic carboxylic acids is 1. The number of nitrogens with one attached hydrogen (secondary N) is 1. The second kappa shape index (κ2) is 7.42. The quantitative estimate of drug-likeness (QED) is 0.844. The Morgan fingerprint density at radius 2 is 1.76 bits per heavy atom. The number of aryl methyl sites for hydroxylation is 1. The van der Waals surface area contributed by atoms with Gasteiger partial charge < -0.3 is 19.7 Å². The zero-order valence-electron chi connectivity index (χ0n) is 15.2. The Morgan fingerprint density at radius 3 is 2.28 bits per heavy atom. The van der Waals surface area contributed by atoms with Gasteiger partial charge in [-0.1, -0.05) is 0 Å². The Kier molecular flexibility index (Phi) is 5.51. The number of ether oxygens (including phenoxy) is 1. The summed E-state index contributed by atoms with van der Waals surface area (Å²) in [6, 6.07) is 8.93. The molecule has 6 nitrogen and oxygen atoms in total. The first-order valence-corrected chi connectivity index (χ1v) is 8.13. The van der Waals surface area contributed by atoms with Crippen LogP contribution in [0.5, 0.6) is 5.75 Å². The molecular weight excluding hydrogens is 320 g/mol. The van der Waals surface area contributed by atoms with E-state index < -0.39 is 17.9 Å². The number of hydrogen-bond donors (Lipinski definition) is 2. The van der Waals surface area contributed by atoms with Crippen LogP contribution in [0.25, 0.3) is 5.69 Å². The van der Waals surface area contributed by atoms with Crippen molar-refractivity contribution in [2.75, 3.05) is 7.11 Å². The summed E-state index contributed by atoms with van der Waals surface area (Å²) in [5.41, 5.74) is 3.20. The molecular formula is C19H24N2O4. The normalized spacial score (nSPS) is 13.2. The van der Waals surface area contributed by atoms with E-state index >= 15 is 0 Å². The largest absolute Gasteiger partial charge is 0.497 e. The standard InChI is InChI=1S/C19H24N2O4/c1-11-10-17(18(22)20-13(3)12(2)19(23)24)14(4)21(11)15-6-8-16(25-5)9-7-15/h6-10,12-13H,1-5H3,(H,20,22)(H,23,24). The van der Waals surface area contributed by atoms with E-state index in [1.54, 1.807) is 21.0 Å². The average Bonchev–Trinajstić information content (AvgIpc) is 2.88. The van der Waals surface area contributed by atoms with Gasteiger partial charge in [0.25, 0.3) is 5.91 Å². The number of hydrogen-bond acceptors (Lipinski definition) is 3. The number of aromatic nitrogens is 1. The summed E-state index contributed by atoms with van der Waals surface area (Å²) < 4.78 is 7.16. The molecule has 1 aromatic heterocycles. The van der Waals surface area contributed by atoms with E-state index in [9.17, 15) is 9.59 Å². The number of rotatable bonds is 6. The predicted molar refractivity (Wildman–Crippen MR) is 95.5 cm³/mol. The molecule has 0 aliphatic rings. The lowest BCUT2D eigenvalue weighted by Gasteiger charge is -2.18. The van der Waals surface area contributed by atoms with E-state index in [-0.39, 0.29) is 5.91 Å². The molecule has 0 spiro atoms. The van der Waals surface area contributed by atoms with Gasteiger partial charge in [-0.25, -0.2) is 0 Å². The van der Waals surface area contributed by atoms with Crippen molar-refractivity contribution in [1.82, 2.24) is 9.88 Å². The van der Waals surface area contributed by atoms with Gasteiger partial charge in [-0.15, -0.1) is 0 Å². The molecule has 1 aromatic carbocycles. The van der Waals surface area contributed by atoms with Crippen molar-refractivity contribution in [3.63, 3.8) is 0 Å². The lowest BCUT2D eigenvalue weighted by atomic mass is 10.0. The summed E-state index contributed by atoms with van der Waals surface area (Å²) in [4.78, 5) is 23.6. The van der Waals surface area contributed by atoms with Gasteiger partial charge >= 0.3 is 5.97 Å². The fourth-order valence-electron chi connectivity index (χ4n) is 2.74. The molecule has 0 fully saturated rings. The molecule has 0 saturated heterocycles. The topological polar surface area (TPSA) is 80.6 Å². The fourth-order valence-corrected chi connectivity index (χ4v) is 2.74. The smallest absolute Gasteiger partial charge is 0.308 e. The van der Waals surface area contributed by atoms with Crippen LogP contribution in [-0.2, 0) is 4.79 Å². The summed E-state index contributed by atoms with van der Waals surface area (Å²) in [7, 11) is 1.61. The second-order valence-electron chi connectivity index (χ2n) is 6.21. The third-order valence-corrected chi connectivity index (χ3v) is 4.50. The van der Waals surface area contributed by atoms with Crippen molar-refractivity contribution in [2.24, 2.45) is 5.92 Å². The molecule has 1 amide bonds. The highest BCUT2D eigenvalue weighted by Gasteiger charge is 2.23. The SMILES string of the molecule is COc1ccc(-n2c(C)cc(C(=O)NC(C)C(C)C(=O)O)c2C)cc1. The Hall–Kier alpha value is -2.76. The molecule has 0 aliphatic carbocycles. The van der Waals surface area contributed by atoms with Crippen LogP contribution in [0.1, 0.15) is 35.6 Å². The van der Waals surface area contributed by atoms with Crippen LogP contribution in [0.2, 0.25) is 0 Å². The maximum atomic E-state index is 12.6. The van der Waals surface area contributed by atoms with Crippen LogP contribution in [0.4, 0.5) is 0 Å². The lowest BCUT2D eigenvalue weighted by Crippen LogP contribution is -2.40. The Morgan fingerprint density at radius 1 is 1.16 bits per heavy atom. The van der Waals surface area contributed by atoms with Crippen molar-refractivity contribution in [1.29, 1.82) is 0 Å². The number of nitrogens with zero attached hydrogens (tertiary/aromatic N) is 1. The van der Waals surface area contributed by atoms with Crippen molar-refractivity contribution in [3.05, 3.63) is 47.3 Å². The van der Waals surface area contributed by atoms with Gasteiger partial charge in [-0.2, -0.15) is 0 Å². The van der Waals surface area contributed by atoms with Crippen molar-refractivity contribution < 1.29 is 19.4 Å². The predicted octanol–water partition coefficient (Wildman–Crippen LogP) is 2.94. The van der Waals surface area contributed by atoms with E-state index in [2.05, 4.69) is 5.32 Å². The fraction of sp³-hybridized carbons (Fsp3) is 0.368. The summed E-state index contributed by atoms with van der Waals surface area (Å²) in [6.45, 7) is 7.07. The van der Waals surface area contributed by atoms with E-state index in [0.29, 0.717) is 5.56 Å². The minimum atomic E-state index is -0.934. The Bertz CT molecular complexity index is 777. The number of carbonyl (C=O) groups excluding carboxylic acids is 1. The zero-order valence-corrected chi connectivity index (χ0v) is 15.2. The van der Waals surface area contributed by atoms with Gasteiger partial charge in [0, 0.05) is 23.1 Å². The van der Waals surface area contributed by atoms with Crippen LogP contribution in [0, 0.1) is 19.8 Å². The maximum absolute atomic E-state index is 12.6. The zero-order chi connectivity index (χ0) is 18.7. The van der Waals surface area contributed by atoms with E-state index in [4.69, 9.17) is 9.84 Å². The van der Waals surface area contributed by atoms with Gasteiger partial charge in [0.05, 0.1) is 18.6 Å². The summed E-state index contributed by atoms with van der Waals surface area (Å²) in [5.74, 6) is -1.10. The van der Waals surface area contributed by atoms with Gasteiger partial charge in [0.2, 0.25) is 0 Å². The number of carbonyl (C=O) groups is 2. The molecule has 0 saturated carbocycles. The third-order valence-electron chi connectivity index (χ3n) is 4.50. The number of carboxylic acid groups (broad SMARTS) is 1. The number of carboxylic acids is 1. The molecule has 0 bridgehead atoms. The van der Waals surface area contributed by atoms with E-state index in [0.717, 1.165) is 22.8 Å². The Labute approximate surface area is 147 Å². The molecule has 2 rings (SSSR count). The van der Waals surface area contributed by atoms with Crippen LogP contribution in [0.15, 0.2) is 30.3 Å². The summed E-state index contributed by atoms with van der Waals surface area (Å²) in [6.07, 6.45) is 0. The summed E-state index contributed by atoms with van der Waals surface area (Å²) in [5, 5.41) is 11.8. The number of amides is 1. The molecule has 134 valence electrons. The van der Waals surface area contributed by atoms with Crippen LogP contribution in [0.3, 0.4) is 0 Å². The molecule has 6 heteroatoms. The minimum Gasteiger partial charge on any atom is -0.497 e. The first kappa shape index (κ1) is 18.6. The maximum Gasteiger partial charge on any atom is 0.308 e. The third kappa shape index (κ3) is 3.84. The highest BCUT2D eigenvalue weighted by molar-refractivity contribution is 5.96. The monoisotopic (exact) mass is 344 g/mol.